The molecule has 12 aromatic rings. The Balaban J connectivity index is 1.10. The molecule has 2 aromatic heterocycles. The Kier molecular flexibility index (Phi) is 8.50. The molecule has 10 aromatic carbocycles. The zero-order valence-electron chi connectivity index (χ0n) is 33.7. The van der Waals surface area contributed by atoms with E-state index >= 15 is 0 Å². The van der Waals surface area contributed by atoms with E-state index in [-0.39, 0.29) is 0 Å². The number of rotatable bonds is 6. The second-order valence-electron chi connectivity index (χ2n) is 15.9. The maximum atomic E-state index is 5.48. The molecule has 0 saturated carbocycles. The van der Waals surface area contributed by atoms with Crippen LogP contribution in [0.25, 0.3) is 121 Å². The average Bonchev–Trinajstić information content (AvgIpc) is 3.36. The van der Waals surface area contributed by atoms with Crippen LogP contribution in [0.3, 0.4) is 0 Å². The summed E-state index contributed by atoms with van der Waals surface area (Å²) in [6.45, 7) is 0. The van der Waals surface area contributed by atoms with Gasteiger partial charge in [0.15, 0.2) is 5.82 Å². The summed E-state index contributed by atoms with van der Waals surface area (Å²) in [6.07, 6.45) is 0. The molecule has 0 aliphatic carbocycles. The minimum atomic E-state index is 0.675. The molecule has 0 radical (unpaired) electrons. The van der Waals surface area contributed by atoms with Crippen LogP contribution in [-0.4, -0.2) is 15.0 Å². The predicted octanol–water partition coefficient (Wildman–Crippen LogP) is 15.6. The molecule has 0 bridgehead atoms. The summed E-state index contributed by atoms with van der Waals surface area (Å²) >= 11 is 0. The maximum absolute atomic E-state index is 5.48. The lowest BCUT2D eigenvalue weighted by molar-refractivity contribution is 1.18. The van der Waals surface area contributed by atoms with Crippen molar-refractivity contribution in [3.8, 4) is 67.4 Å². The van der Waals surface area contributed by atoms with E-state index in [1.807, 2.05) is 12.1 Å². The molecular weight excluding hydrogens is 751 g/mol. The summed E-state index contributed by atoms with van der Waals surface area (Å²) in [5.41, 5.74) is 12.3. The summed E-state index contributed by atoms with van der Waals surface area (Å²) in [6, 6.07) is 80.0. The van der Waals surface area contributed by atoms with Gasteiger partial charge in [-0.25, -0.2) is 15.0 Å². The molecule has 3 nitrogen and oxygen atoms in total. The smallest absolute Gasteiger partial charge is 0.160 e. The third kappa shape index (κ3) is 6.18. The summed E-state index contributed by atoms with van der Waals surface area (Å²) in [4.78, 5) is 15.9. The van der Waals surface area contributed by atoms with Crippen LogP contribution in [-0.2, 0) is 0 Å². The first-order valence-electron chi connectivity index (χ1n) is 21.1. The van der Waals surface area contributed by atoms with Gasteiger partial charge in [-0.05, 0) is 108 Å². The van der Waals surface area contributed by atoms with Crippen LogP contribution in [0.5, 0.6) is 0 Å². The molecule has 0 amide bonds. The minimum absolute atomic E-state index is 0.675. The largest absolute Gasteiger partial charge is 0.248 e. The minimum Gasteiger partial charge on any atom is -0.248 e. The average molecular weight is 788 g/mol. The van der Waals surface area contributed by atoms with Crippen LogP contribution in [0, 0.1) is 0 Å². The number of hydrogen-bond acceptors (Lipinski definition) is 3. The van der Waals surface area contributed by atoms with Gasteiger partial charge < -0.3 is 0 Å². The van der Waals surface area contributed by atoms with Crippen LogP contribution < -0.4 is 0 Å². The van der Waals surface area contributed by atoms with Gasteiger partial charge in [-0.3, -0.25) is 0 Å². The van der Waals surface area contributed by atoms with Gasteiger partial charge in [-0.15, -0.1) is 0 Å². The Hall–Kier alpha value is -8.27. The van der Waals surface area contributed by atoms with Crippen molar-refractivity contribution in [2.24, 2.45) is 0 Å². The second-order valence-corrected chi connectivity index (χ2v) is 15.9. The van der Waals surface area contributed by atoms with Crippen LogP contribution >= 0.6 is 0 Å². The Morgan fingerprint density at radius 1 is 0.226 bits per heavy atom. The summed E-state index contributed by atoms with van der Waals surface area (Å²) < 4.78 is 0. The highest BCUT2D eigenvalue weighted by molar-refractivity contribution is 6.16. The maximum Gasteiger partial charge on any atom is 0.160 e. The molecule has 0 unspecified atom stereocenters. The molecule has 0 fully saturated rings. The zero-order valence-corrected chi connectivity index (χ0v) is 33.7. The lowest BCUT2D eigenvalue weighted by atomic mass is 9.90. The molecule has 3 heteroatoms. The normalized spacial score (nSPS) is 11.5. The van der Waals surface area contributed by atoms with Crippen molar-refractivity contribution in [2.75, 3.05) is 0 Å². The molecule has 0 aliphatic heterocycles. The van der Waals surface area contributed by atoms with Crippen LogP contribution in [0.4, 0.5) is 0 Å². The van der Waals surface area contributed by atoms with E-state index in [1.54, 1.807) is 0 Å². The number of benzene rings is 10. The fourth-order valence-electron chi connectivity index (χ4n) is 9.25. The molecular formula is C59H37N3. The van der Waals surface area contributed by atoms with Gasteiger partial charge >= 0.3 is 0 Å². The first-order chi connectivity index (χ1) is 30.7. The van der Waals surface area contributed by atoms with E-state index in [0.717, 1.165) is 66.9 Å². The molecule has 62 heavy (non-hydrogen) atoms. The quantitative estimate of drug-likeness (QED) is 0.158. The van der Waals surface area contributed by atoms with Gasteiger partial charge in [-0.2, -0.15) is 0 Å². The number of nitrogens with zero attached hydrogens (tertiary/aromatic N) is 3. The molecule has 12 rings (SSSR count). The molecule has 0 atom stereocenters. The SMILES string of the molecule is c1ccc(-c2cc(-c3ccccc3)nc(-c3cccc(-c4cc(-c5cc6ccccc6c6ccccc56)nc5ccc(-c6cc7ccccc7c7ccccc67)cc45)c3)n2)cc1. The van der Waals surface area contributed by atoms with E-state index in [4.69, 9.17) is 15.0 Å². The molecule has 2 heterocycles. The number of fused-ring (bicyclic) bond motifs is 7. The van der Waals surface area contributed by atoms with Gasteiger partial charge in [0.25, 0.3) is 0 Å². The summed E-state index contributed by atoms with van der Waals surface area (Å²) in [5, 5.41) is 10.9. The highest BCUT2D eigenvalue weighted by atomic mass is 14.9. The molecule has 0 aliphatic rings. The topological polar surface area (TPSA) is 38.7 Å². The highest BCUT2D eigenvalue weighted by Gasteiger charge is 2.18. The van der Waals surface area contributed by atoms with Gasteiger partial charge in [0.1, 0.15) is 0 Å². The molecule has 288 valence electrons. The molecule has 0 saturated heterocycles. The highest BCUT2D eigenvalue weighted by Crippen LogP contribution is 2.42. The zero-order chi connectivity index (χ0) is 41.0. The second kappa shape index (κ2) is 14.8. The van der Waals surface area contributed by atoms with Crippen molar-refractivity contribution >= 4 is 54.0 Å². The van der Waals surface area contributed by atoms with Crippen molar-refractivity contribution in [3.63, 3.8) is 0 Å². The standard InChI is InChI=1S/C59H37N3/c1-3-16-38(17-4-1)56-37-57(39-18-5-2-6-19-39)62-59(61-56)44-23-15-22-40(32-44)52-36-58(53-34-42-21-8-10-25-46(42)48-27-12-14-29-50(48)53)60-55-31-30-43(35-54(52)55)51-33-41-20-7-9-24-45(41)47-26-11-13-28-49(47)51/h1-37H. The Bertz CT molecular complexity index is 3630. The third-order valence-corrected chi connectivity index (χ3v) is 12.2. The number of aromatic nitrogens is 3. The Labute approximate surface area is 359 Å². The summed E-state index contributed by atoms with van der Waals surface area (Å²) in [5.74, 6) is 0.675. The number of hydrogen-bond donors (Lipinski definition) is 0. The monoisotopic (exact) mass is 787 g/mol. The van der Waals surface area contributed by atoms with Crippen LogP contribution in [0.2, 0.25) is 0 Å². The van der Waals surface area contributed by atoms with E-state index in [1.165, 1.54) is 48.7 Å². The van der Waals surface area contributed by atoms with Crippen LogP contribution in [0.1, 0.15) is 0 Å². The van der Waals surface area contributed by atoms with Crippen molar-refractivity contribution in [3.05, 3.63) is 224 Å². The lowest BCUT2D eigenvalue weighted by Gasteiger charge is -2.16. The van der Waals surface area contributed by atoms with Crippen LogP contribution in [0.15, 0.2) is 224 Å². The Morgan fingerprint density at radius 3 is 1.32 bits per heavy atom. The first-order valence-corrected chi connectivity index (χ1v) is 21.1. The van der Waals surface area contributed by atoms with Crippen molar-refractivity contribution in [2.45, 2.75) is 0 Å². The third-order valence-electron chi connectivity index (χ3n) is 12.2. The van der Waals surface area contributed by atoms with Gasteiger partial charge in [0, 0.05) is 27.6 Å². The van der Waals surface area contributed by atoms with E-state index in [2.05, 4.69) is 212 Å². The molecule has 0 N–H and O–H groups in total. The lowest BCUT2D eigenvalue weighted by Crippen LogP contribution is -1.96. The fourth-order valence-corrected chi connectivity index (χ4v) is 9.25. The van der Waals surface area contributed by atoms with Crippen molar-refractivity contribution in [1.82, 2.24) is 15.0 Å². The fraction of sp³-hybridized carbons (Fsp3) is 0. The Morgan fingerprint density at radius 2 is 0.694 bits per heavy atom. The molecule has 0 spiro atoms. The predicted molar refractivity (Wildman–Crippen MR) is 260 cm³/mol. The van der Waals surface area contributed by atoms with E-state index in [9.17, 15) is 0 Å². The number of pyridine rings is 1. The van der Waals surface area contributed by atoms with E-state index in [0.29, 0.717) is 5.82 Å². The van der Waals surface area contributed by atoms with E-state index < -0.39 is 0 Å². The van der Waals surface area contributed by atoms with Crippen molar-refractivity contribution in [1.29, 1.82) is 0 Å². The van der Waals surface area contributed by atoms with Gasteiger partial charge in [0.05, 0.1) is 22.6 Å². The summed E-state index contributed by atoms with van der Waals surface area (Å²) in [7, 11) is 0. The van der Waals surface area contributed by atoms with Gasteiger partial charge in [0.2, 0.25) is 0 Å². The van der Waals surface area contributed by atoms with Gasteiger partial charge in [-0.1, -0.05) is 182 Å². The first kappa shape index (κ1) is 35.7. The van der Waals surface area contributed by atoms with Crippen molar-refractivity contribution < 1.29 is 0 Å².